The Labute approximate surface area is 203 Å². The van der Waals surface area contributed by atoms with Crippen LogP contribution in [0.4, 0.5) is 5.69 Å². The van der Waals surface area contributed by atoms with Crippen molar-refractivity contribution >= 4 is 47.1 Å². The van der Waals surface area contributed by atoms with Crippen LogP contribution in [0.1, 0.15) is 28.8 Å². The molecule has 35 heavy (non-hydrogen) atoms. The molecule has 0 aliphatic carbocycles. The number of tetrazole rings is 1. The van der Waals surface area contributed by atoms with Crippen LogP contribution >= 0.6 is 11.6 Å². The van der Waals surface area contributed by atoms with Crippen molar-refractivity contribution < 1.29 is 29.4 Å². The lowest BCUT2D eigenvalue weighted by Crippen LogP contribution is -2.43. The Hall–Kier alpha value is -4.58. The van der Waals surface area contributed by atoms with Crippen LogP contribution in [0, 0.1) is 0 Å². The van der Waals surface area contributed by atoms with E-state index in [1.165, 1.54) is 47.4 Å². The lowest BCUT2D eigenvalue weighted by atomic mass is 10.1. The summed E-state index contributed by atoms with van der Waals surface area (Å²) in [4.78, 5) is 47.3. The van der Waals surface area contributed by atoms with Gasteiger partial charge in [-0.2, -0.15) is 4.68 Å². The van der Waals surface area contributed by atoms with Crippen LogP contribution < -0.4 is 10.6 Å². The fourth-order valence-electron chi connectivity index (χ4n) is 2.99. The number of nitrogens with zero attached hydrogens (tertiary/aromatic N) is 4. The molecule has 2 amide bonds. The minimum atomic E-state index is -1.17. The summed E-state index contributed by atoms with van der Waals surface area (Å²) in [6.07, 6.45) is 3.46. The fraction of sp³-hybridized carbons (Fsp3) is 0.136. The van der Waals surface area contributed by atoms with Crippen molar-refractivity contribution in [1.29, 1.82) is 0 Å². The Morgan fingerprint density at radius 2 is 1.83 bits per heavy atom. The van der Waals surface area contributed by atoms with Gasteiger partial charge in [0.1, 0.15) is 12.4 Å². The van der Waals surface area contributed by atoms with Crippen molar-refractivity contribution in [3.05, 3.63) is 71.0 Å². The van der Waals surface area contributed by atoms with E-state index in [1.54, 1.807) is 18.2 Å². The summed E-state index contributed by atoms with van der Waals surface area (Å²) in [6.45, 7) is 0. The summed E-state index contributed by atoms with van der Waals surface area (Å²) >= 11 is 6.06. The molecular weight excluding hydrogens is 480 g/mol. The van der Waals surface area contributed by atoms with Crippen molar-refractivity contribution in [2.75, 3.05) is 5.32 Å². The van der Waals surface area contributed by atoms with Gasteiger partial charge in [0.05, 0.1) is 11.3 Å². The highest BCUT2D eigenvalue weighted by molar-refractivity contribution is 6.30. The zero-order valence-corrected chi connectivity index (χ0v) is 18.7. The number of hydrogen-bond donors (Lipinski definition) is 4. The van der Waals surface area contributed by atoms with Crippen LogP contribution in [-0.2, 0) is 14.4 Å². The smallest absolute Gasteiger partial charge is 0.335 e. The highest BCUT2D eigenvalue weighted by atomic mass is 35.5. The van der Waals surface area contributed by atoms with Crippen molar-refractivity contribution in [3.63, 3.8) is 0 Å². The van der Waals surface area contributed by atoms with E-state index < -0.39 is 29.8 Å². The second-order valence-corrected chi connectivity index (χ2v) is 7.59. The Morgan fingerprint density at radius 3 is 2.46 bits per heavy atom. The Kier molecular flexibility index (Phi) is 8.24. The highest BCUT2D eigenvalue weighted by Gasteiger charge is 2.21. The summed E-state index contributed by atoms with van der Waals surface area (Å²) in [5.41, 5.74) is 1.39. The molecule has 0 radical (unpaired) electrons. The molecule has 0 saturated carbocycles. The summed E-state index contributed by atoms with van der Waals surface area (Å²) in [6, 6.07) is 9.10. The first kappa shape index (κ1) is 25.1. The molecule has 0 aliphatic heterocycles. The predicted molar refractivity (Wildman–Crippen MR) is 124 cm³/mol. The predicted octanol–water partition coefficient (Wildman–Crippen LogP) is 2.02. The van der Waals surface area contributed by atoms with Gasteiger partial charge in [-0.1, -0.05) is 11.6 Å². The van der Waals surface area contributed by atoms with Crippen LogP contribution in [-0.4, -0.2) is 60.2 Å². The minimum absolute atomic E-state index is 0.0333. The summed E-state index contributed by atoms with van der Waals surface area (Å²) in [5, 5.41) is 34.4. The zero-order chi connectivity index (χ0) is 25.4. The third kappa shape index (κ3) is 7.20. The molecule has 0 unspecified atom stereocenters. The van der Waals surface area contributed by atoms with Crippen LogP contribution in [0.3, 0.4) is 0 Å². The molecule has 180 valence electrons. The molecule has 1 atom stereocenters. The van der Waals surface area contributed by atoms with Crippen LogP contribution in [0.15, 0.2) is 54.9 Å². The minimum Gasteiger partial charge on any atom is -0.481 e. The number of hydrogen-bond acceptors (Lipinski definition) is 7. The van der Waals surface area contributed by atoms with Gasteiger partial charge in [-0.3, -0.25) is 14.4 Å². The molecule has 0 bridgehead atoms. The Bertz CT molecular complexity index is 1260. The molecular formula is C22H19ClN6O6. The molecule has 12 nitrogen and oxygen atoms in total. The topological polar surface area (TPSA) is 176 Å². The van der Waals surface area contributed by atoms with E-state index in [1.807, 2.05) is 0 Å². The molecule has 0 aliphatic rings. The number of nitrogens with one attached hydrogen (secondary N) is 2. The van der Waals surface area contributed by atoms with E-state index in [0.29, 0.717) is 16.3 Å². The number of amides is 2. The Balaban J connectivity index is 1.73. The molecule has 4 N–H and O–H groups in total. The summed E-state index contributed by atoms with van der Waals surface area (Å²) in [5.74, 6) is -3.57. The number of carboxylic acid groups (broad SMARTS) is 2. The van der Waals surface area contributed by atoms with Gasteiger partial charge >= 0.3 is 11.9 Å². The molecule has 0 spiro atoms. The first-order valence-corrected chi connectivity index (χ1v) is 10.5. The van der Waals surface area contributed by atoms with Gasteiger partial charge in [0.2, 0.25) is 11.8 Å². The second-order valence-electron chi connectivity index (χ2n) is 7.16. The third-order valence-corrected chi connectivity index (χ3v) is 4.91. The SMILES string of the molecule is O=C(O)CC[C@H](NC(=O)/C=C/c1cc(Cl)ccc1-n1cnnn1)C(=O)Nc1ccc(C(=O)O)cc1. The largest absolute Gasteiger partial charge is 0.481 e. The van der Waals surface area contributed by atoms with E-state index in [4.69, 9.17) is 21.8 Å². The molecule has 3 aromatic rings. The molecule has 1 aromatic heterocycles. The van der Waals surface area contributed by atoms with Crippen LogP contribution in [0.2, 0.25) is 5.02 Å². The van der Waals surface area contributed by atoms with Crippen molar-refractivity contribution in [2.24, 2.45) is 0 Å². The number of anilines is 1. The van der Waals surface area contributed by atoms with Gasteiger partial charge in [0.25, 0.3) is 0 Å². The van der Waals surface area contributed by atoms with Gasteiger partial charge < -0.3 is 20.8 Å². The maximum atomic E-state index is 12.7. The quantitative estimate of drug-likeness (QED) is 0.304. The number of halogens is 1. The first-order chi connectivity index (χ1) is 16.7. The Morgan fingerprint density at radius 1 is 1.09 bits per heavy atom. The normalized spacial score (nSPS) is 11.7. The van der Waals surface area contributed by atoms with Gasteiger partial charge in [-0.15, -0.1) is 5.10 Å². The van der Waals surface area contributed by atoms with E-state index in [0.717, 1.165) is 0 Å². The number of carboxylic acids is 2. The van der Waals surface area contributed by atoms with Crippen molar-refractivity contribution in [1.82, 2.24) is 25.5 Å². The fourth-order valence-corrected chi connectivity index (χ4v) is 3.17. The lowest BCUT2D eigenvalue weighted by molar-refractivity contribution is -0.137. The third-order valence-electron chi connectivity index (χ3n) is 4.68. The number of carbonyl (C=O) groups excluding carboxylic acids is 2. The molecule has 2 aromatic carbocycles. The number of aromatic nitrogens is 4. The molecule has 0 saturated heterocycles. The number of rotatable bonds is 10. The van der Waals surface area contributed by atoms with Crippen molar-refractivity contribution in [3.8, 4) is 5.69 Å². The standard InChI is InChI=1S/C22H19ClN6O6/c23-15-4-8-18(29-12-24-27-28-29)14(11-15)3-9-19(30)26-17(7-10-20(31)32)21(33)25-16-5-1-13(2-6-16)22(34)35/h1-6,8-9,11-12,17H,7,10H2,(H,25,33)(H,26,30)(H,31,32)(H,34,35)/b9-3+/t17-/m0/s1. The number of benzene rings is 2. The first-order valence-electron chi connectivity index (χ1n) is 10.1. The van der Waals surface area contributed by atoms with Gasteiger partial charge in [-0.25, -0.2) is 4.79 Å². The lowest BCUT2D eigenvalue weighted by Gasteiger charge is -2.17. The maximum Gasteiger partial charge on any atom is 0.335 e. The average molecular weight is 499 g/mol. The molecule has 0 fully saturated rings. The van der Waals surface area contributed by atoms with Gasteiger partial charge in [-0.05, 0) is 65.4 Å². The molecule has 1 heterocycles. The van der Waals surface area contributed by atoms with Gasteiger partial charge in [0, 0.05) is 28.8 Å². The monoisotopic (exact) mass is 498 g/mol. The number of aliphatic carboxylic acids is 1. The number of aromatic carboxylic acids is 1. The maximum absolute atomic E-state index is 12.7. The second kappa shape index (κ2) is 11.5. The van der Waals surface area contributed by atoms with Crippen LogP contribution in [0.25, 0.3) is 11.8 Å². The highest BCUT2D eigenvalue weighted by Crippen LogP contribution is 2.20. The average Bonchev–Trinajstić information content (AvgIpc) is 3.35. The summed E-state index contributed by atoms with van der Waals surface area (Å²) in [7, 11) is 0. The van der Waals surface area contributed by atoms with E-state index in [-0.39, 0.29) is 24.1 Å². The van der Waals surface area contributed by atoms with E-state index >= 15 is 0 Å². The zero-order valence-electron chi connectivity index (χ0n) is 18.0. The van der Waals surface area contributed by atoms with Gasteiger partial charge in [0.15, 0.2) is 0 Å². The molecule has 13 heteroatoms. The van der Waals surface area contributed by atoms with Crippen molar-refractivity contribution in [2.45, 2.75) is 18.9 Å². The number of carbonyl (C=O) groups is 4. The summed E-state index contributed by atoms with van der Waals surface area (Å²) < 4.78 is 1.38. The van der Waals surface area contributed by atoms with Crippen LogP contribution in [0.5, 0.6) is 0 Å². The van der Waals surface area contributed by atoms with E-state index in [9.17, 15) is 19.2 Å². The molecule has 3 rings (SSSR count). The van der Waals surface area contributed by atoms with E-state index in [2.05, 4.69) is 26.2 Å².